The van der Waals surface area contributed by atoms with E-state index in [0.29, 0.717) is 11.4 Å². The second kappa shape index (κ2) is 22.0. The number of aliphatic hydroxyl groups excluding tert-OH is 3. The van der Waals surface area contributed by atoms with Gasteiger partial charge in [0.1, 0.15) is 9.79 Å². The summed E-state index contributed by atoms with van der Waals surface area (Å²) in [5.41, 5.74) is 6.63. The van der Waals surface area contributed by atoms with Crippen molar-refractivity contribution in [3.05, 3.63) is 108 Å². The Kier molecular flexibility index (Phi) is 16.0. The number of nitrogens with two attached hydrogens (primary N) is 1. The molecule has 0 radical (unpaired) electrons. The largest absolute Gasteiger partial charge is 0.395 e. The van der Waals surface area contributed by atoms with Gasteiger partial charge in [0.25, 0.3) is 20.2 Å². The van der Waals surface area contributed by atoms with Gasteiger partial charge in [-0.3, -0.25) is 13.9 Å². The lowest BCUT2D eigenvalue weighted by Gasteiger charge is -2.22. The minimum atomic E-state index is -4.94. The van der Waals surface area contributed by atoms with Crippen LogP contribution in [0.2, 0.25) is 0 Å². The van der Waals surface area contributed by atoms with Crippen LogP contribution >= 0.6 is 0 Å². The zero-order valence-corrected chi connectivity index (χ0v) is 36.4. The predicted octanol–water partition coefficient (Wildman–Crippen LogP) is 3.16. The number of hydrogen-bond donors (Lipinski definition) is 10. The van der Waals surface area contributed by atoms with Crippen LogP contribution in [0.15, 0.2) is 107 Å². The van der Waals surface area contributed by atoms with Gasteiger partial charge >= 0.3 is 0 Å². The standard InChI is InChI=1S/C41H45N13O10S2/c42-35(58)17-18-53(19-22-55)40-49-36(43-29-7-3-1-4-8-29)47-38(51-40)45-31-15-13-27(33(25-31)65(59,60)61)11-12-28-14-16-32(26-34(28)66(62,63)64)46-39-48-37(44-30-9-5-2-6-10-30)50-41(52-39)54(20-23-56)21-24-57/h1-16,25-26,55-57H,17-24H2,(H2,42,58)(H,59,60,61)(H,62,63,64)(H2,43,45,47,49,51)(H2,44,46,48,50,52). The number of amides is 1. The molecule has 0 spiro atoms. The fraction of sp³-hybridized carbons (Fsp3) is 0.195. The minimum absolute atomic E-state index is 0.0266. The van der Waals surface area contributed by atoms with E-state index in [2.05, 4.69) is 51.2 Å². The first-order valence-corrected chi connectivity index (χ1v) is 22.7. The number of aliphatic hydroxyl groups is 3. The van der Waals surface area contributed by atoms with Crippen molar-refractivity contribution in [2.45, 2.75) is 16.2 Å². The number of carbonyl (C=O) groups excluding carboxylic acids is 1. The van der Waals surface area contributed by atoms with Crippen LogP contribution in [0.1, 0.15) is 17.5 Å². The summed E-state index contributed by atoms with van der Waals surface area (Å²) in [4.78, 5) is 39.9. The predicted molar refractivity (Wildman–Crippen MR) is 247 cm³/mol. The minimum Gasteiger partial charge on any atom is -0.395 e. The van der Waals surface area contributed by atoms with E-state index in [9.17, 15) is 46.1 Å². The molecule has 1 amide bonds. The van der Waals surface area contributed by atoms with Crippen LogP contribution in [0, 0.1) is 0 Å². The van der Waals surface area contributed by atoms with Crippen molar-refractivity contribution in [3.63, 3.8) is 0 Å². The van der Waals surface area contributed by atoms with Gasteiger partial charge in [-0.25, -0.2) is 0 Å². The van der Waals surface area contributed by atoms with Crippen LogP contribution in [-0.4, -0.2) is 123 Å². The molecule has 23 nitrogen and oxygen atoms in total. The molecule has 0 aliphatic carbocycles. The van der Waals surface area contributed by atoms with Gasteiger partial charge in [0.05, 0.1) is 19.8 Å². The molecule has 25 heteroatoms. The SMILES string of the molecule is NC(=O)CCN(CCO)c1nc(Nc2ccccc2)nc(Nc2ccc(C=Cc3ccc(Nc4nc(Nc5ccccc5)nc(N(CCO)CCO)n4)cc3S(=O)(=O)O)c(S(=O)(=O)O)c2)n1. The zero-order chi connectivity index (χ0) is 47.3. The first-order chi connectivity index (χ1) is 31.6. The van der Waals surface area contributed by atoms with Crippen LogP contribution < -0.4 is 36.8 Å². The number of carbonyl (C=O) groups is 1. The van der Waals surface area contributed by atoms with Crippen molar-refractivity contribution in [2.24, 2.45) is 5.73 Å². The van der Waals surface area contributed by atoms with E-state index in [-0.39, 0.29) is 111 Å². The number of benzene rings is 4. The molecule has 6 rings (SSSR count). The van der Waals surface area contributed by atoms with E-state index >= 15 is 0 Å². The zero-order valence-electron chi connectivity index (χ0n) is 34.8. The highest BCUT2D eigenvalue weighted by Gasteiger charge is 2.21. The lowest BCUT2D eigenvalue weighted by atomic mass is 10.1. The number of primary amides is 1. The Morgan fingerprint density at radius 3 is 1.20 bits per heavy atom. The van der Waals surface area contributed by atoms with E-state index in [4.69, 9.17) is 5.73 Å². The lowest BCUT2D eigenvalue weighted by molar-refractivity contribution is -0.117. The Morgan fingerprint density at radius 2 is 0.864 bits per heavy atom. The summed E-state index contributed by atoms with van der Waals surface area (Å²) in [6, 6.07) is 25.5. The van der Waals surface area contributed by atoms with Gasteiger partial charge in [0, 0.05) is 55.3 Å². The maximum absolute atomic E-state index is 12.8. The number of nitrogens with one attached hydrogen (secondary N) is 4. The Labute approximate surface area is 378 Å². The molecule has 0 atom stereocenters. The molecule has 6 aromatic rings. The average Bonchev–Trinajstić information content (AvgIpc) is 3.27. The van der Waals surface area contributed by atoms with E-state index in [1.54, 1.807) is 48.5 Å². The topological polar surface area (TPSA) is 344 Å². The van der Waals surface area contributed by atoms with Crippen LogP contribution in [0.25, 0.3) is 12.2 Å². The van der Waals surface area contributed by atoms with Crippen molar-refractivity contribution in [3.8, 4) is 0 Å². The third-order valence-corrected chi connectivity index (χ3v) is 11.0. The lowest BCUT2D eigenvalue weighted by Crippen LogP contribution is -2.32. The maximum Gasteiger partial charge on any atom is 0.295 e. The van der Waals surface area contributed by atoms with E-state index < -0.39 is 35.9 Å². The summed E-state index contributed by atoms with van der Waals surface area (Å²) < 4.78 is 71.6. The number of hydrogen-bond acceptors (Lipinski definition) is 20. The smallest absolute Gasteiger partial charge is 0.295 e. The van der Waals surface area contributed by atoms with Crippen molar-refractivity contribution in [1.29, 1.82) is 0 Å². The van der Waals surface area contributed by atoms with Crippen molar-refractivity contribution >= 4 is 96.7 Å². The van der Waals surface area contributed by atoms with Crippen LogP contribution in [-0.2, 0) is 25.0 Å². The van der Waals surface area contributed by atoms with Gasteiger partial charge < -0.3 is 52.1 Å². The molecule has 66 heavy (non-hydrogen) atoms. The maximum atomic E-state index is 12.8. The highest BCUT2D eigenvalue weighted by molar-refractivity contribution is 7.86. The Bertz CT molecular complexity index is 2880. The molecule has 11 N–H and O–H groups in total. The molecule has 4 aromatic carbocycles. The highest BCUT2D eigenvalue weighted by atomic mass is 32.2. The molecule has 2 aromatic heterocycles. The highest BCUT2D eigenvalue weighted by Crippen LogP contribution is 2.29. The summed E-state index contributed by atoms with van der Waals surface area (Å²) >= 11 is 0. The molecule has 0 saturated carbocycles. The second-order valence-electron chi connectivity index (χ2n) is 13.9. The van der Waals surface area contributed by atoms with Crippen LogP contribution in [0.5, 0.6) is 0 Å². The summed E-state index contributed by atoms with van der Waals surface area (Å²) in [5, 5.41) is 40.9. The van der Waals surface area contributed by atoms with Gasteiger partial charge in [-0.05, 0) is 59.7 Å². The monoisotopic (exact) mass is 943 g/mol. The van der Waals surface area contributed by atoms with Crippen molar-refractivity contribution in [2.75, 3.05) is 77.1 Å². The van der Waals surface area contributed by atoms with Crippen LogP contribution in [0.3, 0.4) is 0 Å². The second-order valence-corrected chi connectivity index (χ2v) is 16.7. The normalized spacial score (nSPS) is 11.6. The first kappa shape index (κ1) is 48.1. The van der Waals surface area contributed by atoms with Crippen molar-refractivity contribution < 1.29 is 46.1 Å². The molecule has 0 fully saturated rings. The molecular formula is C41H45N13O10S2. The van der Waals surface area contributed by atoms with Gasteiger partial charge in [-0.2, -0.15) is 46.7 Å². The molecule has 346 valence electrons. The van der Waals surface area contributed by atoms with Gasteiger partial charge in [0.2, 0.25) is 41.6 Å². The van der Waals surface area contributed by atoms with Gasteiger partial charge in [-0.15, -0.1) is 0 Å². The molecule has 0 bridgehead atoms. The van der Waals surface area contributed by atoms with E-state index in [1.807, 2.05) is 12.1 Å². The number of anilines is 10. The number of para-hydroxylation sites is 2. The Morgan fingerprint density at radius 1 is 0.515 bits per heavy atom. The van der Waals surface area contributed by atoms with Crippen LogP contribution in [0.4, 0.5) is 58.4 Å². The molecular weight excluding hydrogens is 899 g/mol. The summed E-state index contributed by atoms with van der Waals surface area (Å²) in [5.74, 6) is -0.528. The third kappa shape index (κ3) is 13.6. The number of aromatic nitrogens is 6. The Hall–Kier alpha value is -7.39. The first-order valence-electron chi connectivity index (χ1n) is 19.8. The molecule has 0 aliphatic rings. The summed E-state index contributed by atoms with van der Waals surface area (Å²) in [7, 11) is -9.86. The summed E-state index contributed by atoms with van der Waals surface area (Å²) in [6.45, 7) is -0.652. The van der Waals surface area contributed by atoms with Gasteiger partial charge in [-0.1, -0.05) is 60.7 Å². The third-order valence-electron chi connectivity index (χ3n) is 9.15. The average molecular weight is 944 g/mol. The quantitative estimate of drug-likeness (QED) is 0.0326. The molecule has 2 heterocycles. The number of nitrogens with zero attached hydrogens (tertiary/aromatic N) is 8. The summed E-state index contributed by atoms with van der Waals surface area (Å²) in [6.07, 6.45) is 2.36. The van der Waals surface area contributed by atoms with Crippen molar-refractivity contribution in [1.82, 2.24) is 29.9 Å². The number of rotatable bonds is 23. The van der Waals surface area contributed by atoms with E-state index in [1.165, 1.54) is 46.2 Å². The molecule has 0 aliphatic heterocycles. The fourth-order valence-electron chi connectivity index (χ4n) is 6.15. The molecule has 0 unspecified atom stereocenters. The molecule has 0 saturated heterocycles. The van der Waals surface area contributed by atoms with Gasteiger partial charge in [0.15, 0.2) is 0 Å². The fourth-order valence-corrected chi connectivity index (χ4v) is 7.57. The van der Waals surface area contributed by atoms with E-state index in [0.717, 1.165) is 12.1 Å². The Balaban J connectivity index is 1.31.